The van der Waals surface area contributed by atoms with Crippen LogP contribution in [-0.2, 0) is 11.2 Å². The number of hydrogen-bond donors (Lipinski definition) is 1. The molecular formula is C15H23NO2. The van der Waals surface area contributed by atoms with E-state index in [1.54, 1.807) is 0 Å². The Hall–Kier alpha value is -1.25. The third-order valence-electron chi connectivity index (χ3n) is 3.78. The normalized spacial score (nSPS) is 23.7. The van der Waals surface area contributed by atoms with Crippen molar-refractivity contribution in [1.29, 1.82) is 0 Å². The van der Waals surface area contributed by atoms with Crippen LogP contribution in [0.1, 0.15) is 57.5 Å². The Morgan fingerprint density at radius 3 is 2.89 bits per heavy atom. The average Bonchev–Trinajstić information content (AvgIpc) is 2.90. The van der Waals surface area contributed by atoms with Gasteiger partial charge in [-0.25, -0.2) is 0 Å². The van der Waals surface area contributed by atoms with E-state index in [1.165, 1.54) is 6.42 Å². The lowest BCUT2D eigenvalue weighted by Gasteiger charge is -2.10. The Labute approximate surface area is 109 Å². The summed E-state index contributed by atoms with van der Waals surface area (Å²) in [5.41, 5.74) is 0. The van der Waals surface area contributed by atoms with E-state index >= 15 is 0 Å². The molecule has 1 aliphatic rings. The van der Waals surface area contributed by atoms with Gasteiger partial charge in [0.2, 0.25) is 5.91 Å². The van der Waals surface area contributed by atoms with Crippen LogP contribution in [0.15, 0.2) is 16.5 Å². The van der Waals surface area contributed by atoms with Crippen LogP contribution in [0.4, 0.5) is 0 Å². The van der Waals surface area contributed by atoms with Crippen molar-refractivity contribution in [2.24, 2.45) is 5.92 Å². The molecule has 0 aliphatic heterocycles. The Kier molecular flexibility index (Phi) is 4.10. The van der Waals surface area contributed by atoms with Crippen LogP contribution >= 0.6 is 0 Å². The second-order valence-electron chi connectivity index (χ2n) is 5.50. The van der Waals surface area contributed by atoms with Crippen LogP contribution in [-0.4, -0.2) is 11.9 Å². The van der Waals surface area contributed by atoms with Crippen molar-refractivity contribution in [1.82, 2.24) is 5.32 Å². The Morgan fingerprint density at radius 1 is 1.56 bits per heavy atom. The monoisotopic (exact) mass is 249 g/mol. The van der Waals surface area contributed by atoms with Crippen molar-refractivity contribution in [2.45, 2.75) is 58.4 Å². The zero-order chi connectivity index (χ0) is 13.1. The van der Waals surface area contributed by atoms with Gasteiger partial charge in [-0.15, -0.1) is 0 Å². The third kappa shape index (κ3) is 3.37. The fraction of sp³-hybridized carbons (Fsp3) is 0.667. The van der Waals surface area contributed by atoms with Crippen LogP contribution in [0.25, 0.3) is 0 Å². The van der Waals surface area contributed by atoms with Gasteiger partial charge in [-0.3, -0.25) is 4.79 Å². The summed E-state index contributed by atoms with van der Waals surface area (Å²) in [6.07, 6.45) is 3.42. The van der Waals surface area contributed by atoms with E-state index in [0.29, 0.717) is 18.8 Å². The number of rotatable bonds is 6. The minimum atomic E-state index is 0.113. The zero-order valence-electron chi connectivity index (χ0n) is 11.5. The standard InChI is InChI=1S/C15H23NO2/c1-4-11(3)16-15(17)8-6-12-5-7-14(18-12)13-9-10(13)2/h5,7,10-11,13H,4,6,8-9H2,1-3H3,(H,16,17). The van der Waals surface area contributed by atoms with Crippen LogP contribution in [0, 0.1) is 5.92 Å². The molecule has 2 rings (SSSR count). The number of amides is 1. The van der Waals surface area contributed by atoms with E-state index in [1.807, 2.05) is 13.0 Å². The summed E-state index contributed by atoms with van der Waals surface area (Å²) in [6.45, 7) is 6.34. The Bertz CT molecular complexity index is 410. The highest BCUT2D eigenvalue weighted by atomic mass is 16.3. The quantitative estimate of drug-likeness (QED) is 0.841. The molecule has 1 saturated carbocycles. The van der Waals surface area contributed by atoms with Crippen molar-refractivity contribution < 1.29 is 9.21 Å². The molecule has 1 aliphatic carbocycles. The van der Waals surface area contributed by atoms with Crippen LogP contribution in [0.5, 0.6) is 0 Å². The molecule has 3 nitrogen and oxygen atoms in total. The molecule has 1 amide bonds. The predicted molar refractivity (Wildman–Crippen MR) is 71.4 cm³/mol. The average molecular weight is 249 g/mol. The molecule has 100 valence electrons. The smallest absolute Gasteiger partial charge is 0.220 e. The van der Waals surface area contributed by atoms with Gasteiger partial charge in [0.05, 0.1) is 0 Å². The fourth-order valence-corrected chi connectivity index (χ4v) is 2.13. The Balaban J connectivity index is 1.76. The van der Waals surface area contributed by atoms with E-state index in [9.17, 15) is 4.79 Å². The summed E-state index contributed by atoms with van der Waals surface area (Å²) in [7, 11) is 0. The lowest BCUT2D eigenvalue weighted by atomic mass is 10.2. The molecule has 1 aromatic rings. The molecule has 0 spiro atoms. The summed E-state index contributed by atoms with van der Waals surface area (Å²) in [6, 6.07) is 4.34. The fourth-order valence-electron chi connectivity index (χ4n) is 2.13. The van der Waals surface area contributed by atoms with Gasteiger partial charge in [0.15, 0.2) is 0 Å². The van der Waals surface area contributed by atoms with Crippen molar-refractivity contribution in [2.75, 3.05) is 0 Å². The molecule has 3 heteroatoms. The number of hydrogen-bond acceptors (Lipinski definition) is 2. The van der Waals surface area contributed by atoms with Gasteiger partial charge < -0.3 is 9.73 Å². The SMILES string of the molecule is CCC(C)NC(=O)CCc1ccc(C2CC2C)o1. The number of furan rings is 1. The second kappa shape index (κ2) is 5.59. The molecule has 0 radical (unpaired) electrons. The van der Waals surface area contributed by atoms with Gasteiger partial charge >= 0.3 is 0 Å². The van der Waals surface area contributed by atoms with Gasteiger partial charge in [-0.05, 0) is 37.8 Å². The van der Waals surface area contributed by atoms with Crippen molar-refractivity contribution in [3.05, 3.63) is 23.7 Å². The molecule has 0 saturated heterocycles. The molecule has 1 heterocycles. The minimum absolute atomic E-state index is 0.113. The molecule has 0 bridgehead atoms. The zero-order valence-corrected chi connectivity index (χ0v) is 11.5. The van der Waals surface area contributed by atoms with Crippen LogP contribution in [0.2, 0.25) is 0 Å². The highest BCUT2D eigenvalue weighted by molar-refractivity contribution is 5.76. The highest BCUT2D eigenvalue weighted by Crippen LogP contribution is 2.47. The minimum Gasteiger partial charge on any atom is -0.466 e. The number of carbonyl (C=O) groups excluding carboxylic acids is 1. The van der Waals surface area contributed by atoms with Crippen LogP contribution in [0.3, 0.4) is 0 Å². The molecule has 0 aromatic carbocycles. The maximum Gasteiger partial charge on any atom is 0.220 e. The number of carbonyl (C=O) groups is 1. The summed E-state index contributed by atoms with van der Waals surface area (Å²) >= 11 is 0. The van der Waals surface area contributed by atoms with Crippen molar-refractivity contribution in [3.8, 4) is 0 Å². The first-order chi connectivity index (χ1) is 8.60. The molecule has 3 unspecified atom stereocenters. The first kappa shape index (κ1) is 13.2. The number of nitrogens with one attached hydrogen (secondary N) is 1. The highest BCUT2D eigenvalue weighted by Gasteiger charge is 2.36. The molecule has 3 atom stereocenters. The molecule has 1 N–H and O–H groups in total. The van der Waals surface area contributed by atoms with Crippen molar-refractivity contribution in [3.63, 3.8) is 0 Å². The summed E-state index contributed by atoms with van der Waals surface area (Å²) in [4.78, 5) is 11.6. The first-order valence-corrected chi connectivity index (χ1v) is 6.98. The number of aryl methyl sites for hydroxylation is 1. The summed E-state index contributed by atoms with van der Waals surface area (Å²) in [5.74, 6) is 3.52. The topological polar surface area (TPSA) is 42.2 Å². The van der Waals surface area contributed by atoms with Gasteiger partial charge in [0, 0.05) is 24.8 Å². The van der Waals surface area contributed by atoms with Crippen molar-refractivity contribution >= 4 is 5.91 Å². The van der Waals surface area contributed by atoms with Gasteiger partial charge in [-0.2, -0.15) is 0 Å². The summed E-state index contributed by atoms with van der Waals surface area (Å²) < 4.78 is 5.78. The summed E-state index contributed by atoms with van der Waals surface area (Å²) in [5, 5.41) is 2.97. The van der Waals surface area contributed by atoms with E-state index in [-0.39, 0.29) is 11.9 Å². The second-order valence-corrected chi connectivity index (χ2v) is 5.50. The van der Waals surface area contributed by atoms with Gasteiger partial charge in [0.25, 0.3) is 0 Å². The lowest BCUT2D eigenvalue weighted by Crippen LogP contribution is -2.31. The van der Waals surface area contributed by atoms with Gasteiger partial charge in [0.1, 0.15) is 11.5 Å². The predicted octanol–water partition coefficient (Wildman–Crippen LogP) is 3.25. The molecule has 1 aromatic heterocycles. The van der Waals surface area contributed by atoms with E-state index in [4.69, 9.17) is 4.42 Å². The maximum absolute atomic E-state index is 11.6. The molecule has 1 fully saturated rings. The van der Waals surface area contributed by atoms with Crippen LogP contribution < -0.4 is 5.32 Å². The van der Waals surface area contributed by atoms with E-state index in [2.05, 4.69) is 25.2 Å². The van der Waals surface area contributed by atoms with Gasteiger partial charge in [-0.1, -0.05) is 13.8 Å². The first-order valence-electron chi connectivity index (χ1n) is 6.98. The van der Waals surface area contributed by atoms with E-state index < -0.39 is 0 Å². The lowest BCUT2D eigenvalue weighted by molar-refractivity contribution is -0.121. The molecule has 18 heavy (non-hydrogen) atoms. The molecular weight excluding hydrogens is 226 g/mol. The maximum atomic E-state index is 11.6. The van der Waals surface area contributed by atoms with E-state index in [0.717, 1.165) is 23.9 Å². The Morgan fingerprint density at radius 2 is 2.28 bits per heavy atom. The third-order valence-corrected chi connectivity index (χ3v) is 3.78. The largest absolute Gasteiger partial charge is 0.466 e.